The Morgan fingerprint density at radius 2 is 1.50 bits per heavy atom. The number of carbonyl (C=O) groups excluding carboxylic acids is 2. The number of nitrogens with one attached hydrogen (secondary N) is 1. The van der Waals surface area contributed by atoms with E-state index in [9.17, 15) is 9.59 Å². The summed E-state index contributed by atoms with van der Waals surface area (Å²) in [6.45, 7) is 3.13. The standard InChI is InChI=1S/C18H18Cl2N2O2/c1-18(2,17(24)22(3)12-8-5-4-6-9-12)16(23)21-15-13(19)10-7-11-14(15)20/h4-11H,1-3H3,(H,21,23). The summed E-state index contributed by atoms with van der Waals surface area (Å²) in [6.07, 6.45) is 0. The van der Waals surface area contributed by atoms with Crippen molar-refractivity contribution >= 4 is 46.4 Å². The average Bonchev–Trinajstić information content (AvgIpc) is 2.57. The van der Waals surface area contributed by atoms with E-state index in [4.69, 9.17) is 23.2 Å². The van der Waals surface area contributed by atoms with Gasteiger partial charge in [0.25, 0.3) is 0 Å². The molecule has 0 unspecified atom stereocenters. The van der Waals surface area contributed by atoms with Crippen molar-refractivity contribution in [3.63, 3.8) is 0 Å². The second kappa shape index (κ2) is 7.24. The highest BCUT2D eigenvalue weighted by atomic mass is 35.5. The second-order valence-corrected chi connectivity index (χ2v) is 6.69. The lowest BCUT2D eigenvalue weighted by molar-refractivity contribution is -0.136. The Labute approximate surface area is 151 Å². The Bertz CT molecular complexity index is 741. The van der Waals surface area contributed by atoms with Crippen LogP contribution in [0.3, 0.4) is 0 Å². The Morgan fingerprint density at radius 1 is 0.958 bits per heavy atom. The number of anilines is 2. The van der Waals surface area contributed by atoms with E-state index < -0.39 is 11.3 Å². The molecule has 2 rings (SSSR count). The lowest BCUT2D eigenvalue weighted by Gasteiger charge is -2.28. The van der Waals surface area contributed by atoms with Crippen molar-refractivity contribution in [2.45, 2.75) is 13.8 Å². The zero-order valence-electron chi connectivity index (χ0n) is 13.6. The van der Waals surface area contributed by atoms with Gasteiger partial charge in [-0.3, -0.25) is 9.59 Å². The zero-order chi connectivity index (χ0) is 17.9. The number of carbonyl (C=O) groups is 2. The third-order valence-corrected chi connectivity index (χ3v) is 4.38. The zero-order valence-corrected chi connectivity index (χ0v) is 15.2. The molecule has 0 saturated heterocycles. The summed E-state index contributed by atoms with van der Waals surface area (Å²) in [5.41, 5.74) is -0.291. The van der Waals surface area contributed by atoms with Crippen LogP contribution in [0, 0.1) is 5.41 Å². The predicted molar refractivity (Wildman–Crippen MR) is 98.7 cm³/mol. The van der Waals surface area contributed by atoms with Crippen molar-refractivity contribution in [3.05, 3.63) is 58.6 Å². The molecular formula is C18H18Cl2N2O2. The van der Waals surface area contributed by atoms with Gasteiger partial charge >= 0.3 is 0 Å². The van der Waals surface area contributed by atoms with E-state index in [0.717, 1.165) is 0 Å². The highest BCUT2D eigenvalue weighted by Gasteiger charge is 2.39. The van der Waals surface area contributed by atoms with Crippen LogP contribution in [0.25, 0.3) is 0 Å². The summed E-state index contributed by atoms with van der Waals surface area (Å²) < 4.78 is 0. The molecular weight excluding hydrogens is 347 g/mol. The van der Waals surface area contributed by atoms with Crippen LogP contribution in [0.2, 0.25) is 10.0 Å². The average molecular weight is 365 g/mol. The van der Waals surface area contributed by atoms with E-state index in [1.807, 2.05) is 18.2 Å². The molecule has 0 heterocycles. The fourth-order valence-electron chi connectivity index (χ4n) is 2.17. The van der Waals surface area contributed by atoms with E-state index in [1.165, 1.54) is 4.90 Å². The topological polar surface area (TPSA) is 49.4 Å². The van der Waals surface area contributed by atoms with E-state index in [-0.39, 0.29) is 5.91 Å². The van der Waals surface area contributed by atoms with Crippen molar-refractivity contribution in [1.82, 2.24) is 0 Å². The molecule has 0 aliphatic heterocycles. The van der Waals surface area contributed by atoms with Gasteiger partial charge in [0.05, 0.1) is 15.7 Å². The lowest BCUT2D eigenvalue weighted by Crippen LogP contribution is -2.46. The van der Waals surface area contributed by atoms with Gasteiger partial charge in [0, 0.05) is 12.7 Å². The maximum absolute atomic E-state index is 12.8. The predicted octanol–water partition coefficient (Wildman–Crippen LogP) is 4.62. The molecule has 0 fully saturated rings. The summed E-state index contributed by atoms with van der Waals surface area (Å²) >= 11 is 12.1. The molecule has 1 N–H and O–H groups in total. The maximum Gasteiger partial charge on any atom is 0.241 e. The monoisotopic (exact) mass is 364 g/mol. The largest absolute Gasteiger partial charge is 0.323 e. The van der Waals surface area contributed by atoms with Crippen LogP contribution in [0.5, 0.6) is 0 Å². The second-order valence-electron chi connectivity index (χ2n) is 5.88. The van der Waals surface area contributed by atoms with Crippen LogP contribution in [-0.2, 0) is 9.59 Å². The smallest absolute Gasteiger partial charge is 0.241 e. The number of para-hydroxylation sites is 2. The Balaban J connectivity index is 2.22. The quantitative estimate of drug-likeness (QED) is 0.804. The number of hydrogen-bond acceptors (Lipinski definition) is 2. The molecule has 4 nitrogen and oxygen atoms in total. The van der Waals surface area contributed by atoms with Crippen molar-refractivity contribution in [1.29, 1.82) is 0 Å². The molecule has 0 saturated carbocycles. The van der Waals surface area contributed by atoms with Gasteiger partial charge in [-0.25, -0.2) is 0 Å². The molecule has 0 aliphatic rings. The maximum atomic E-state index is 12.8. The molecule has 0 bridgehead atoms. The fraction of sp³-hybridized carbons (Fsp3) is 0.222. The number of rotatable bonds is 4. The molecule has 2 amide bonds. The summed E-state index contributed by atoms with van der Waals surface area (Å²) in [6, 6.07) is 14.0. The van der Waals surface area contributed by atoms with Gasteiger partial charge in [0.15, 0.2) is 0 Å². The van der Waals surface area contributed by atoms with E-state index in [0.29, 0.717) is 21.4 Å². The molecule has 2 aromatic rings. The van der Waals surface area contributed by atoms with Crippen LogP contribution in [0.4, 0.5) is 11.4 Å². The van der Waals surface area contributed by atoms with E-state index in [1.54, 1.807) is 51.2 Å². The first kappa shape index (κ1) is 18.3. The van der Waals surface area contributed by atoms with Crippen molar-refractivity contribution < 1.29 is 9.59 Å². The Hall–Kier alpha value is -2.04. The number of nitrogens with zero attached hydrogens (tertiary/aromatic N) is 1. The number of amides is 2. The number of benzene rings is 2. The van der Waals surface area contributed by atoms with Gasteiger partial charge < -0.3 is 10.2 Å². The minimum absolute atomic E-state index is 0.300. The minimum atomic E-state index is -1.30. The molecule has 2 aromatic carbocycles. The normalized spacial score (nSPS) is 11.0. The summed E-state index contributed by atoms with van der Waals surface area (Å²) in [4.78, 5) is 26.9. The SMILES string of the molecule is CN(C(=O)C(C)(C)C(=O)Nc1c(Cl)cccc1Cl)c1ccccc1. The first-order chi connectivity index (χ1) is 11.2. The molecule has 0 radical (unpaired) electrons. The first-order valence-electron chi connectivity index (χ1n) is 7.34. The molecule has 0 atom stereocenters. The minimum Gasteiger partial charge on any atom is -0.323 e. The molecule has 24 heavy (non-hydrogen) atoms. The fourth-order valence-corrected chi connectivity index (χ4v) is 2.66. The Kier molecular flexibility index (Phi) is 5.52. The third-order valence-electron chi connectivity index (χ3n) is 3.75. The van der Waals surface area contributed by atoms with Crippen LogP contribution >= 0.6 is 23.2 Å². The van der Waals surface area contributed by atoms with Crippen LogP contribution in [-0.4, -0.2) is 18.9 Å². The number of hydrogen-bond donors (Lipinski definition) is 1. The van der Waals surface area contributed by atoms with Gasteiger partial charge in [-0.2, -0.15) is 0 Å². The van der Waals surface area contributed by atoms with Crippen molar-refractivity contribution in [3.8, 4) is 0 Å². The highest BCUT2D eigenvalue weighted by molar-refractivity contribution is 6.40. The van der Waals surface area contributed by atoms with Crippen LogP contribution < -0.4 is 10.2 Å². The van der Waals surface area contributed by atoms with E-state index >= 15 is 0 Å². The third kappa shape index (κ3) is 3.71. The van der Waals surface area contributed by atoms with Gasteiger partial charge in [-0.05, 0) is 38.1 Å². The molecule has 0 spiro atoms. The summed E-state index contributed by atoms with van der Waals surface area (Å²) in [5, 5.41) is 3.29. The van der Waals surface area contributed by atoms with Crippen LogP contribution in [0.1, 0.15) is 13.8 Å². The lowest BCUT2D eigenvalue weighted by atomic mass is 9.90. The first-order valence-corrected chi connectivity index (χ1v) is 8.09. The molecule has 6 heteroatoms. The highest BCUT2D eigenvalue weighted by Crippen LogP contribution is 2.32. The molecule has 126 valence electrons. The van der Waals surface area contributed by atoms with Gasteiger partial charge in [0.1, 0.15) is 5.41 Å². The Morgan fingerprint density at radius 3 is 2.04 bits per heavy atom. The summed E-state index contributed by atoms with van der Waals surface area (Å²) in [7, 11) is 1.63. The molecule has 0 aliphatic carbocycles. The number of halogens is 2. The van der Waals surface area contributed by atoms with Crippen molar-refractivity contribution in [2.24, 2.45) is 5.41 Å². The van der Waals surface area contributed by atoms with Gasteiger partial charge in [-0.1, -0.05) is 47.5 Å². The van der Waals surface area contributed by atoms with E-state index in [2.05, 4.69) is 5.32 Å². The van der Waals surface area contributed by atoms with Gasteiger partial charge in [-0.15, -0.1) is 0 Å². The van der Waals surface area contributed by atoms with Crippen molar-refractivity contribution in [2.75, 3.05) is 17.3 Å². The van der Waals surface area contributed by atoms with Crippen LogP contribution in [0.15, 0.2) is 48.5 Å². The molecule has 0 aromatic heterocycles. The summed E-state index contributed by atoms with van der Waals surface area (Å²) in [5.74, 6) is -0.820. The van der Waals surface area contributed by atoms with Gasteiger partial charge in [0.2, 0.25) is 11.8 Å².